The highest BCUT2D eigenvalue weighted by atomic mass is 19.1. The van der Waals surface area contributed by atoms with Gasteiger partial charge in [0.1, 0.15) is 42.4 Å². The van der Waals surface area contributed by atoms with Crippen molar-refractivity contribution in [2.24, 2.45) is 0 Å². The van der Waals surface area contributed by atoms with Crippen molar-refractivity contribution in [3.05, 3.63) is 110 Å². The van der Waals surface area contributed by atoms with Gasteiger partial charge in [-0.15, -0.1) is 0 Å². The Morgan fingerprint density at radius 2 is 1.38 bits per heavy atom. The second-order valence-corrected chi connectivity index (χ2v) is 6.64. The molecule has 0 amide bonds. The quantitative estimate of drug-likeness (QED) is 0.204. The molecule has 0 fully saturated rings. The number of ether oxygens (including phenoxy) is 4. The summed E-state index contributed by atoms with van der Waals surface area (Å²) >= 11 is 0. The number of esters is 1. The minimum atomic E-state index is -0.684. The summed E-state index contributed by atoms with van der Waals surface area (Å²) in [4.78, 5) is 10.9. The van der Waals surface area contributed by atoms with Crippen LogP contribution in [0, 0.1) is 17.5 Å². The molecule has 174 valence electrons. The Bertz CT molecular complexity index is 1250. The highest BCUT2D eigenvalue weighted by Crippen LogP contribution is 2.32. The molecule has 0 N–H and O–H groups in total. The van der Waals surface area contributed by atoms with Crippen LogP contribution in [0.2, 0.25) is 0 Å². The summed E-state index contributed by atoms with van der Waals surface area (Å²) in [6.07, 6.45) is 5.44. The number of hydrogen-bond acceptors (Lipinski definition) is 5. The van der Waals surface area contributed by atoms with Crippen molar-refractivity contribution in [2.45, 2.75) is 0 Å². The summed E-state index contributed by atoms with van der Waals surface area (Å²) in [6.45, 7) is 3.24. The Morgan fingerprint density at radius 3 is 2.00 bits per heavy atom. The van der Waals surface area contributed by atoms with Gasteiger partial charge in [0, 0.05) is 23.3 Å². The number of hydrogen-bond donors (Lipinski definition) is 0. The molecule has 3 rings (SSSR count). The molecular formula is C26H19F3O5. The lowest BCUT2D eigenvalue weighted by Crippen LogP contribution is -1.94. The minimum Gasteiger partial charge on any atom is -0.501 e. The van der Waals surface area contributed by atoms with Crippen LogP contribution in [-0.4, -0.2) is 13.1 Å². The summed E-state index contributed by atoms with van der Waals surface area (Å²) in [7, 11) is 1.42. The molecule has 3 aromatic carbocycles. The molecule has 0 unspecified atom stereocenters. The Balaban J connectivity index is 1.77. The average molecular weight is 468 g/mol. The van der Waals surface area contributed by atoms with Crippen LogP contribution in [0.3, 0.4) is 0 Å². The van der Waals surface area contributed by atoms with Crippen LogP contribution >= 0.6 is 0 Å². The van der Waals surface area contributed by atoms with Crippen molar-refractivity contribution in [1.82, 2.24) is 0 Å². The monoisotopic (exact) mass is 468 g/mol. The minimum absolute atomic E-state index is 0.0489. The topological polar surface area (TPSA) is 54.0 Å². The molecule has 34 heavy (non-hydrogen) atoms. The first-order chi connectivity index (χ1) is 16.4. The first-order valence-corrected chi connectivity index (χ1v) is 9.81. The van der Waals surface area contributed by atoms with E-state index in [0.29, 0.717) is 0 Å². The standard InChI is InChI=1S/C26H19F3O5/c1-3-26(30)34-13-12-32-19-6-8-21(23(28)16-19)17-4-7-20(22(27)14-17)18-5-9-25(24(29)15-18)33-11-10-31-2/h3-16H,1H2,2H3/b11-10-,13-12-. The molecule has 0 bridgehead atoms. The lowest BCUT2D eigenvalue weighted by atomic mass is 9.99. The van der Waals surface area contributed by atoms with E-state index in [1.54, 1.807) is 0 Å². The van der Waals surface area contributed by atoms with E-state index in [-0.39, 0.29) is 33.8 Å². The van der Waals surface area contributed by atoms with Gasteiger partial charge in [0.05, 0.1) is 7.11 Å². The van der Waals surface area contributed by atoms with Gasteiger partial charge in [0.15, 0.2) is 11.6 Å². The maximum atomic E-state index is 14.8. The fourth-order valence-electron chi connectivity index (χ4n) is 2.89. The molecule has 5 nitrogen and oxygen atoms in total. The summed E-state index contributed by atoms with van der Waals surface area (Å²) in [5, 5.41) is 0. The number of carbonyl (C=O) groups is 1. The number of halogens is 3. The van der Waals surface area contributed by atoms with E-state index >= 15 is 0 Å². The molecule has 0 spiro atoms. The zero-order valence-electron chi connectivity index (χ0n) is 18.0. The van der Waals surface area contributed by atoms with Crippen molar-refractivity contribution in [3.63, 3.8) is 0 Å². The number of methoxy groups -OCH3 is 1. The van der Waals surface area contributed by atoms with Crippen molar-refractivity contribution in [2.75, 3.05) is 7.11 Å². The Labute approximate surface area is 194 Å². The first-order valence-electron chi connectivity index (χ1n) is 9.81. The van der Waals surface area contributed by atoms with E-state index in [9.17, 15) is 18.0 Å². The van der Waals surface area contributed by atoms with Gasteiger partial charge >= 0.3 is 5.97 Å². The lowest BCUT2D eigenvalue weighted by molar-refractivity contribution is -0.132. The molecule has 0 aromatic heterocycles. The van der Waals surface area contributed by atoms with E-state index in [2.05, 4.69) is 16.1 Å². The SMILES string of the molecule is C=CC(=O)O/C=C\Oc1ccc(-c2ccc(-c3ccc(O/C=C\OC)c(F)c3)c(F)c2)c(F)c1. The number of carbonyl (C=O) groups excluding carboxylic acids is 1. The summed E-state index contributed by atoms with van der Waals surface area (Å²) in [5.74, 6) is -2.57. The molecule has 0 radical (unpaired) electrons. The third-order valence-electron chi connectivity index (χ3n) is 4.46. The normalized spacial score (nSPS) is 10.9. The second kappa shape index (κ2) is 11.4. The zero-order chi connectivity index (χ0) is 24.5. The van der Waals surface area contributed by atoms with Gasteiger partial charge in [0.2, 0.25) is 0 Å². The molecule has 0 atom stereocenters. The van der Waals surface area contributed by atoms with E-state index in [0.717, 1.165) is 36.8 Å². The number of rotatable bonds is 9. The summed E-state index contributed by atoms with van der Waals surface area (Å²) in [5.41, 5.74) is 0.851. The third-order valence-corrected chi connectivity index (χ3v) is 4.46. The molecule has 0 aliphatic rings. The lowest BCUT2D eigenvalue weighted by Gasteiger charge is -2.10. The van der Waals surface area contributed by atoms with E-state index in [4.69, 9.17) is 9.47 Å². The van der Waals surface area contributed by atoms with Crippen LogP contribution in [-0.2, 0) is 14.3 Å². The van der Waals surface area contributed by atoms with Gasteiger partial charge in [-0.05, 0) is 41.5 Å². The Hall–Kier alpha value is -4.46. The summed E-state index contributed by atoms with van der Waals surface area (Å²) in [6, 6.07) is 12.1. The molecule has 0 saturated heterocycles. The fraction of sp³-hybridized carbons (Fsp3) is 0.0385. The molecule has 0 aliphatic carbocycles. The molecular weight excluding hydrogens is 449 g/mol. The van der Waals surface area contributed by atoms with Crippen LogP contribution in [0.15, 0.2) is 92.3 Å². The van der Waals surface area contributed by atoms with Crippen LogP contribution in [0.25, 0.3) is 22.3 Å². The van der Waals surface area contributed by atoms with E-state index in [1.165, 1.54) is 56.0 Å². The van der Waals surface area contributed by atoms with Crippen LogP contribution in [0.1, 0.15) is 0 Å². The first kappa shape index (κ1) is 24.2. The largest absolute Gasteiger partial charge is 0.501 e. The Kier molecular flexibility index (Phi) is 8.12. The van der Waals surface area contributed by atoms with Gasteiger partial charge in [-0.2, -0.15) is 0 Å². The van der Waals surface area contributed by atoms with Crippen molar-refractivity contribution in [3.8, 4) is 33.8 Å². The molecule has 3 aromatic rings. The van der Waals surface area contributed by atoms with Gasteiger partial charge < -0.3 is 18.9 Å². The van der Waals surface area contributed by atoms with Gasteiger partial charge in [0.25, 0.3) is 0 Å². The summed E-state index contributed by atoms with van der Waals surface area (Å²) < 4.78 is 63.2. The Morgan fingerprint density at radius 1 is 0.765 bits per heavy atom. The van der Waals surface area contributed by atoms with Gasteiger partial charge in [-0.1, -0.05) is 24.8 Å². The van der Waals surface area contributed by atoms with Crippen LogP contribution in [0.4, 0.5) is 13.2 Å². The second-order valence-electron chi connectivity index (χ2n) is 6.64. The van der Waals surface area contributed by atoms with E-state index in [1.807, 2.05) is 0 Å². The van der Waals surface area contributed by atoms with Gasteiger partial charge in [-0.25, -0.2) is 18.0 Å². The van der Waals surface area contributed by atoms with Crippen molar-refractivity contribution >= 4 is 5.97 Å². The van der Waals surface area contributed by atoms with Crippen molar-refractivity contribution in [1.29, 1.82) is 0 Å². The van der Waals surface area contributed by atoms with Gasteiger partial charge in [-0.3, -0.25) is 0 Å². The molecule has 8 heteroatoms. The van der Waals surface area contributed by atoms with Crippen LogP contribution in [0.5, 0.6) is 11.5 Å². The predicted molar refractivity (Wildman–Crippen MR) is 120 cm³/mol. The molecule has 0 heterocycles. The molecule has 0 aliphatic heterocycles. The highest BCUT2D eigenvalue weighted by molar-refractivity contribution is 5.81. The number of benzene rings is 3. The van der Waals surface area contributed by atoms with E-state index < -0.39 is 23.4 Å². The predicted octanol–water partition coefficient (Wildman–Crippen LogP) is 6.51. The highest BCUT2D eigenvalue weighted by Gasteiger charge is 2.13. The molecule has 0 saturated carbocycles. The fourth-order valence-corrected chi connectivity index (χ4v) is 2.89. The van der Waals surface area contributed by atoms with Crippen LogP contribution < -0.4 is 9.47 Å². The zero-order valence-corrected chi connectivity index (χ0v) is 18.0. The maximum Gasteiger partial charge on any atom is 0.335 e. The third kappa shape index (κ3) is 6.07. The maximum absolute atomic E-state index is 14.8. The smallest absolute Gasteiger partial charge is 0.335 e. The van der Waals surface area contributed by atoms with Crippen molar-refractivity contribution < 1.29 is 36.9 Å². The average Bonchev–Trinajstić information content (AvgIpc) is 2.83.